The fraction of sp³-hybridized carbons (Fsp3) is 1.00. The van der Waals surface area contributed by atoms with Crippen molar-refractivity contribution >= 4 is 10.0 Å². The molecule has 0 radical (unpaired) electrons. The molecule has 1 rings (SSSR count). The Kier molecular flexibility index (Phi) is 3.92. The van der Waals surface area contributed by atoms with Crippen LogP contribution in [0.25, 0.3) is 0 Å². The molecule has 1 unspecified atom stereocenters. The maximum absolute atomic E-state index is 11.5. The third-order valence-corrected chi connectivity index (χ3v) is 4.06. The monoisotopic (exact) mass is 221 g/mol. The molecule has 0 spiro atoms. The van der Waals surface area contributed by atoms with Crippen LogP contribution in [0.1, 0.15) is 26.7 Å². The highest BCUT2D eigenvalue weighted by atomic mass is 32.2. The van der Waals surface area contributed by atoms with E-state index in [0.29, 0.717) is 5.92 Å². The summed E-state index contributed by atoms with van der Waals surface area (Å²) in [6, 6.07) is -0.348. The Hall–Kier alpha value is -0.130. The SMILES string of the molecule is CC(C)C(CO)NS(=O)(=O)CC1CC1. The van der Waals surface area contributed by atoms with Gasteiger partial charge in [-0.1, -0.05) is 13.8 Å². The molecular weight excluding hydrogens is 202 g/mol. The largest absolute Gasteiger partial charge is 0.395 e. The molecule has 4 nitrogen and oxygen atoms in total. The van der Waals surface area contributed by atoms with Crippen LogP contribution < -0.4 is 4.72 Å². The zero-order chi connectivity index (χ0) is 10.8. The van der Waals surface area contributed by atoms with Crippen LogP contribution >= 0.6 is 0 Å². The smallest absolute Gasteiger partial charge is 0.212 e. The van der Waals surface area contributed by atoms with Gasteiger partial charge < -0.3 is 5.11 Å². The van der Waals surface area contributed by atoms with Gasteiger partial charge >= 0.3 is 0 Å². The van der Waals surface area contributed by atoms with E-state index in [1.165, 1.54) is 0 Å². The van der Waals surface area contributed by atoms with Crippen LogP contribution in [0.5, 0.6) is 0 Å². The van der Waals surface area contributed by atoms with Crippen molar-refractivity contribution in [2.75, 3.05) is 12.4 Å². The summed E-state index contributed by atoms with van der Waals surface area (Å²) in [5.74, 6) is 0.684. The van der Waals surface area contributed by atoms with Crippen LogP contribution in [0.15, 0.2) is 0 Å². The summed E-state index contributed by atoms with van der Waals surface area (Å²) in [6.45, 7) is 3.64. The molecule has 1 saturated carbocycles. The fourth-order valence-corrected chi connectivity index (χ4v) is 3.12. The van der Waals surface area contributed by atoms with E-state index in [2.05, 4.69) is 4.72 Å². The fourth-order valence-electron chi connectivity index (χ4n) is 1.26. The van der Waals surface area contributed by atoms with E-state index in [1.807, 2.05) is 13.8 Å². The van der Waals surface area contributed by atoms with Gasteiger partial charge in [-0.15, -0.1) is 0 Å². The zero-order valence-electron chi connectivity index (χ0n) is 8.73. The molecule has 0 aliphatic heterocycles. The van der Waals surface area contributed by atoms with Crippen molar-refractivity contribution in [2.45, 2.75) is 32.7 Å². The number of aliphatic hydroxyl groups excluding tert-OH is 1. The van der Waals surface area contributed by atoms with Crippen LogP contribution in [0.3, 0.4) is 0 Å². The molecule has 0 heterocycles. The first-order valence-electron chi connectivity index (χ1n) is 5.05. The molecule has 1 fully saturated rings. The Morgan fingerprint density at radius 1 is 1.43 bits per heavy atom. The van der Waals surface area contributed by atoms with Gasteiger partial charge in [0.1, 0.15) is 0 Å². The minimum absolute atomic E-state index is 0.119. The molecule has 0 saturated heterocycles. The van der Waals surface area contributed by atoms with Gasteiger partial charge in [0.25, 0.3) is 0 Å². The Bertz CT molecular complexity index is 270. The van der Waals surface area contributed by atoms with Crippen molar-refractivity contribution < 1.29 is 13.5 Å². The van der Waals surface area contributed by atoms with Crippen molar-refractivity contribution in [3.8, 4) is 0 Å². The van der Waals surface area contributed by atoms with E-state index < -0.39 is 10.0 Å². The highest BCUT2D eigenvalue weighted by Crippen LogP contribution is 2.30. The third-order valence-electron chi connectivity index (χ3n) is 2.48. The van der Waals surface area contributed by atoms with Gasteiger partial charge in [0.15, 0.2) is 0 Å². The van der Waals surface area contributed by atoms with Gasteiger partial charge in [-0.05, 0) is 24.7 Å². The Morgan fingerprint density at radius 2 is 2.00 bits per heavy atom. The predicted molar refractivity (Wildman–Crippen MR) is 55.4 cm³/mol. The van der Waals surface area contributed by atoms with Crippen molar-refractivity contribution in [1.29, 1.82) is 0 Å². The number of hydrogen-bond donors (Lipinski definition) is 2. The lowest BCUT2D eigenvalue weighted by atomic mass is 10.1. The molecule has 5 heteroatoms. The number of hydrogen-bond acceptors (Lipinski definition) is 3. The van der Waals surface area contributed by atoms with Gasteiger partial charge in [0.2, 0.25) is 10.0 Å². The quantitative estimate of drug-likeness (QED) is 0.679. The van der Waals surface area contributed by atoms with Gasteiger partial charge in [0, 0.05) is 6.04 Å². The van der Waals surface area contributed by atoms with Gasteiger partial charge in [-0.2, -0.15) is 0 Å². The average molecular weight is 221 g/mol. The summed E-state index contributed by atoms with van der Waals surface area (Å²) in [7, 11) is -3.18. The summed E-state index contributed by atoms with van der Waals surface area (Å²) < 4.78 is 25.6. The number of sulfonamides is 1. The number of nitrogens with one attached hydrogen (secondary N) is 1. The summed E-state index contributed by atoms with van der Waals surface area (Å²) in [4.78, 5) is 0. The second kappa shape index (κ2) is 4.59. The normalized spacial score (nSPS) is 20.0. The molecule has 1 aliphatic rings. The topological polar surface area (TPSA) is 66.4 Å². The first kappa shape index (κ1) is 11.9. The molecule has 0 bridgehead atoms. The lowest BCUT2D eigenvalue weighted by Gasteiger charge is -2.19. The first-order valence-corrected chi connectivity index (χ1v) is 6.70. The van der Waals surface area contributed by atoms with Crippen molar-refractivity contribution in [1.82, 2.24) is 4.72 Å². The van der Waals surface area contributed by atoms with Gasteiger partial charge in [0.05, 0.1) is 12.4 Å². The summed E-state index contributed by atoms with van der Waals surface area (Å²) in [6.07, 6.45) is 2.04. The Labute approximate surface area is 85.8 Å². The van der Waals surface area contributed by atoms with E-state index in [1.54, 1.807) is 0 Å². The van der Waals surface area contributed by atoms with Crippen LogP contribution in [0, 0.1) is 11.8 Å². The van der Waals surface area contributed by atoms with Gasteiger partial charge in [-0.25, -0.2) is 13.1 Å². The van der Waals surface area contributed by atoms with Crippen molar-refractivity contribution in [3.05, 3.63) is 0 Å². The molecule has 84 valence electrons. The summed E-state index contributed by atoms with van der Waals surface area (Å²) in [5, 5.41) is 8.98. The molecule has 2 N–H and O–H groups in total. The second-order valence-corrected chi connectivity index (χ2v) is 6.17. The predicted octanol–water partition coefficient (Wildman–Crippen LogP) is 0.333. The van der Waals surface area contributed by atoms with Crippen LogP contribution in [0.4, 0.5) is 0 Å². The Morgan fingerprint density at radius 3 is 2.36 bits per heavy atom. The molecular formula is C9H19NO3S. The maximum atomic E-state index is 11.5. The average Bonchev–Trinajstić information content (AvgIpc) is 2.82. The summed E-state index contributed by atoms with van der Waals surface area (Å²) >= 11 is 0. The highest BCUT2D eigenvalue weighted by molar-refractivity contribution is 7.89. The lowest BCUT2D eigenvalue weighted by Crippen LogP contribution is -2.42. The maximum Gasteiger partial charge on any atom is 0.212 e. The molecule has 0 aromatic rings. The highest BCUT2D eigenvalue weighted by Gasteiger charge is 2.29. The van der Waals surface area contributed by atoms with E-state index in [4.69, 9.17) is 5.11 Å². The van der Waals surface area contributed by atoms with Crippen LogP contribution in [-0.2, 0) is 10.0 Å². The number of aliphatic hydroxyl groups is 1. The second-order valence-electron chi connectivity index (χ2n) is 4.38. The van der Waals surface area contributed by atoms with E-state index >= 15 is 0 Å². The zero-order valence-corrected chi connectivity index (χ0v) is 9.55. The Balaban J connectivity index is 2.46. The molecule has 0 amide bonds. The first-order chi connectivity index (χ1) is 6.44. The molecule has 1 atom stereocenters. The molecule has 1 aliphatic carbocycles. The summed E-state index contributed by atoms with van der Waals surface area (Å²) in [5.41, 5.74) is 0. The van der Waals surface area contributed by atoms with Gasteiger partial charge in [-0.3, -0.25) is 0 Å². The van der Waals surface area contributed by atoms with Crippen molar-refractivity contribution in [2.24, 2.45) is 11.8 Å². The standard InChI is InChI=1S/C9H19NO3S/c1-7(2)9(5-11)10-14(12,13)6-8-3-4-8/h7-11H,3-6H2,1-2H3. The van der Waals surface area contributed by atoms with Crippen molar-refractivity contribution in [3.63, 3.8) is 0 Å². The van der Waals surface area contributed by atoms with Crippen LogP contribution in [0.2, 0.25) is 0 Å². The van der Waals surface area contributed by atoms with E-state index in [-0.39, 0.29) is 24.3 Å². The molecule has 0 aromatic heterocycles. The van der Waals surface area contributed by atoms with Crippen LogP contribution in [-0.4, -0.2) is 31.9 Å². The lowest BCUT2D eigenvalue weighted by molar-refractivity contribution is 0.227. The number of rotatable bonds is 6. The van der Waals surface area contributed by atoms with E-state index in [0.717, 1.165) is 12.8 Å². The minimum atomic E-state index is -3.18. The third kappa shape index (κ3) is 3.94. The molecule has 0 aromatic carbocycles. The van der Waals surface area contributed by atoms with E-state index in [9.17, 15) is 8.42 Å². The minimum Gasteiger partial charge on any atom is -0.395 e. The molecule has 14 heavy (non-hydrogen) atoms.